The Morgan fingerprint density at radius 2 is 1.95 bits per heavy atom. The molecule has 7 heteroatoms. The van der Waals surface area contributed by atoms with Crippen molar-refractivity contribution in [3.63, 3.8) is 0 Å². The van der Waals surface area contributed by atoms with Crippen LogP contribution in [-0.4, -0.2) is 57.8 Å². The zero-order chi connectivity index (χ0) is 13.3. The van der Waals surface area contributed by atoms with Gasteiger partial charge < -0.3 is 15.2 Å². The normalized spacial score (nSPS) is 13.5. The summed E-state index contributed by atoms with van der Waals surface area (Å²) in [6, 6.07) is 7.36. The zero-order valence-corrected chi connectivity index (χ0v) is 14.1. The van der Waals surface area contributed by atoms with E-state index in [2.05, 4.69) is 22.2 Å². The summed E-state index contributed by atoms with van der Waals surface area (Å²) in [5.74, 6) is 0.391. The number of nitrogens with zero attached hydrogens (tertiary/aromatic N) is 1. The van der Waals surface area contributed by atoms with E-state index in [1.807, 2.05) is 24.3 Å². The van der Waals surface area contributed by atoms with E-state index < -0.39 is 15.5 Å². The molecular formula is C12H10CaN2O2S2. The molecule has 0 saturated heterocycles. The number of thiocarbonyl (C=S) groups is 2. The number of hydrogen-bond acceptors (Lipinski definition) is 5. The van der Waals surface area contributed by atoms with Crippen molar-refractivity contribution in [1.29, 1.82) is 0 Å². The number of aromatic nitrogens is 2. The summed E-state index contributed by atoms with van der Waals surface area (Å²) in [5, 5.41) is 21.7. The van der Waals surface area contributed by atoms with Crippen LogP contribution in [0.25, 0.3) is 11.0 Å². The quantitative estimate of drug-likeness (QED) is 0.644. The maximum atomic E-state index is 11.6. The minimum absolute atomic E-state index is 0. The average molecular weight is 318 g/mol. The number of aromatic amines is 1. The van der Waals surface area contributed by atoms with Gasteiger partial charge in [0.2, 0.25) is 0 Å². The van der Waals surface area contributed by atoms with Gasteiger partial charge in [0.05, 0.1) is 16.4 Å². The fourth-order valence-electron chi connectivity index (χ4n) is 1.76. The summed E-state index contributed by atoms with van der Waals surface area (Å²) >= 11 is 9.27. The molecule has 0 aliphatic rings. The second-order valence-electron chi connectivity index (χ2n) is 4.27. The third kappa shape index (κ3) is 3.44. The fraction of sp³-hybridized carbons (Fsp3) is 0.250. The van der Waals surface area contributed by atoms with Crippen LogP contribution >= 0.6 is 24.4 Å². The van der Waals surface area contributed by atoms with E-state index in [1.165, 1.54) is 0 Å². The topological polar surface area (TPSA) is 74.8 Å². The molecule has 19 heavy (non-hydrogen) atoms. The van der Waals surface area contributed by atoms with Gasteiger partial charge in [0.1, 0.15) is 5.82 Å². The monoisotopic (exact) mass is 318 g/mol. The Hall–Kier alpha value is -0.270. The van der Waals surface area contributed by atoms with Crippen molar-refractivity contribution < 1.29 is 10.2 Å². The molecule has 0 amide bonds. The molecule has 2 rings (SSSR count). The molecule has 94 valence electrons. The molecule has 0 saturated carbocycles. The number of H-pyrrole nitrogens is 1. The Labute approximate surface area is 151 Å². The summed E-state index contributed by atoms with van der Waals surface area (Å²) in [6.07, 6.45) is -0.121. The molecule has 1 aromatic carbocycles. The van der Waals surface area contributed by atoms with Gasteiger partial charge in [0.15, 0.2) is 0 Å². The van der Waals surface area contributed by atoms with Gasteiger partial charge in [-0.05, 0) is 25.5 Å². The van der Waals surface area contributed by atoms with Crippen LogP contribution in [0.1, 0.15) is 19.2 Å². The largest absolute Gasteiger partial charge is 2.00 e. The number of benzene rings is 1. The molecule has 0 radical (unpaired) electrons. The van der Waals surface area contributed by atoms with Gasteiger partial charge in [0.25, 0.3) is 0 Å². The van der Waals surface area contributed by atoms with E-state index in [9.17, 15) is 10.2 Å². The summed E-state index contributed by atoms with van der Waals surface area (Å²) < 4.78 is 0. The van der Waals surface area contributed by atoms with Crippen molar-refractivity contribution in [3.05, 3.63) is 30.1 Å². The van der Waals surface area contributed by atoms with Gasteiger partial charge in [0, 0.05) is 0 Å². The van der Waals surface area contributed by atoms with Gasteiger partial charge >= 0.3 is 37.7 Å². The van der Waals surface area contributed by atoms with Crippen molar-refractivity contribution in [2.45, 2.75) is 18.8 Å². The first-order valence-electron chi connectivity index (χ1n) is 5.30. The molecule has 1 aromatic heterocycles. The van der Waals surface area contributed by atoms with Gasteiger partial charge in [-0.15, -0.1) is 24.4 Å². The predicted molar refractivity (Wildman–Crippen MR) is 79.0 cm³/mol. The Bertz CT molecular complexity index is 596. The van der Waals surface area contributed by atoms with E-state index in [0.29, 0.717) is 5.82 Å². The molecule has 0 spiro atoms. The summed E-state index contributed by atoms with van der Waals surface area (Å²) in [6.45, 7) is 1.59. The van der Waals surface area contributed by atoms with E-state index in [-0.39, 0.29) is 44.2 Å². The Morgan fingerprint density at radius 1 is 1.32 bits per heavy atom. The second kappa shape index (κ2) is 6.45. The Morgan fingerprint density at radius 3 is 2.47 bits per heavy atom. The minimum atomic E-state index is -1.16. The van der Waals surface area contributed by atoms with Gasteiger partial charge in [-0.2, -0.15) is 0 Å². The molecule has 1 heterocycles. The molecule has 1 atom stereocenters. The smallest absolute Gasteiger partial charge is 0.867 e. The maximum absolute atomic E-state index is 11.6. The first kappa shape index (κ1) is 16.8. The number of para-hydroxylation sites is 2. The van der Waals surface area contributed by atoms with Gasteiger partial charge in [-0.1, -0.05) is 22.2 Å². The molecule has 0 fully saturated rings. The predicted octanol–water partition coefficient (Wildman–Crippen LogP) is 0.205. The van der Waals surface area contributed by atoms with Crippen LogP contribution < -0.4 is 10.2 Å². The van der Waals surface area contributed by atoms with Crippen molar-refractivity contribution in [2.24, 2.45) is 0 Å². The number of hydrogen-bond donors (Lipinski definition) is 1. The van der Waals surface area contributed by atoms with Gasteiger partial charge in [-0.25, -0.2) is 4.98 Å². The van der Waals surface area contributed by atoms with Crippen LogP contribution in [0.3, 0.4) is 0 Å². The van der Waals surface area contributed by atoms with Crippen LogP contribution in [0.15, 0.2) is 24.3 Å². The van der Waals surface area contributed by atoms with Crippen molar-refractivity contribution in [3.8, 4) is 0 Å². The number of imidazole rings is 1. The fourth-order valence-corrected chi connectivity index (χ4v) is 2.21. The van der Waals surface area contributed by atoms with Crippen molar-refractivity contribution in [2.75, 3.05) is 0 Å². The number of rotatable bonds is 4. The third-order valence-corrected chi connectivity index (χ3v) is 3.46. The summed E-state index contributed by atoms with van der Waals surface area (Å²) in [4.78, 5) is 7.34. The van der Waals surface area contributed by atoms with Crippen LogP contribution in [-0.2, 0) is 5.41 Å². The van der Waals surface area contributed by atoms with E-state index in [4.69, 9.17) is 12.2 Å². The van der Waals surface area contributed by atoms with Gasteiger partial charge in [-0.3, -0.25) is 0 Å². The molecule has 0 aliphatic carbocycles. The number of nitrogens with one attached hydrogen (secondary N) is 1. The molecule has 0 bridgehead atoms. The summed E-state index contributed by atoms with van der Waals surface area (Å²) in [7, 11) is 0. The molecule has 1 N–H and O–H groups in total. The molecule has 0 aliphatic heterocycles. The first-order chi connectivity index (χ1) is 8.43. The summed E-state index contributed by atoms with van der Waals surface area (Å²) in [5.41, 5.74) is 0.367. The molecular weight excluding hydrogens is 308 g/mol. The standard InChI is InChI=1S/C12H12N2O2S2.Ca/c1-12(11(16)18,6-9(15)17)10-13-7-4-2-3-5-8(7)14-10;/h2-5H,6H2,1H3,(H,13,14)(H,15,17)(H,16,18);/q;+2/p-2. The van der Waals surface area contributed by atoms with E-state index in [0.717, 1.165) is 11.0 Å². The average Bonchev–Trinajstić information content (AvgIpc) is 2.71. The zero-order valence-electron chi connectivity index (χ0n) is 10.3. The van der Waals surface area contributed by atoms with Crippen LogP contribution in [0.2, 0.25) is 0 Å². The molecule has 4 nitrogen and oxygen atoms in total. The van der Waals surface area contributed by atoms with E-state index in [1.54, 1.807) is 6.92 Å². The maximum Gasteiger partial charge on any atom is 2.00 e. The third-order valence-electron chi connectivity index (χ3n) is 2.86. The van der Waals surface area contributed by atoms with Crippen LogP contribution in [0.5, 0.6) is 0 Å². The Kier molecular flexibility index (Phi) is 5.70. The minimum Gasteiger partial charge on any atom is -0.867 e. The number of fused-ring (bicyclic) bond motifs is 1. The molecule has 2 aromatic rings. The first-order valence-corrected chi connectivity index (χ1v) is 6.11. The van der Waals surface area contributed by atoms with Crippen LogP contribution in [0, 0.1) is 0 Å². The van der Waals surface area contributed by atoms with Crippen molar-refractivity contribution in [1.82, 2.24) is 9.97 Å². The van der Waals surface area contributed by atoms with Crippen molar-refractivity contribution >= 4 is 83.3 Å². The SMILES string of the molecule is CC(CC([O-])=S)(C([O-])=S)c1nc2ccccc2[nH]1.[Ca+2]. The molecule has 1 unspecified atom stereocenters. The second-order valence-corrected chi connectivity index (χ2v) is 5.10. The Balaban J connectivity index is 0.00000180. The van der Waals surface area contributed by atoms with E-state index >= 15 is 0 Å². The van der Waals surface area contributed by atoms with Crippen LogP contribution in [0.4, 0.5) is 0 Å².